The van der Waals surface area contributed by atoms with Gasteiger partial charge in [0.1, 0.15) is 6.61 Å². The van der Waals surface area contributed by atoms with Crippen LogP contribution in [0.25, 0.3) is 0 Å². The highest BCUT2D eigenvalue weighted by molar-refractivity contribution is 5.69. The Labute approximate surface area is 93.0 Å². The number of hydrogen-bond acceptors (Lipinski definition) is 2. The Morgan fingerprint density at radius 1 is 1.47 bits per heavy atom. The zero-order valence-electron chi connectivity index (χ0n) is 10.1. The lowest BCUT2D eigenvalue weighted by atomic mass is 10.0. The summed E-state index contributed by atoms with van der Waals surface area (Å²) in [6.07, 6.45) is 6.56. The van der Waals surface area contributed by atoms with Gasteiger partial charge >= 0.3 is 5.97 Å². The van der Waals surface area contributed by atoms with E-state index in [0.29, 0.717) is 18.9 Å². The molecule has 0 spiro atoms. The lowest BCUT2D eigenvalue weighted by molar-refractivity contribution is -0.142. The first-order valence-corrected chi connectivity index (χ1v) is 5.52. The molecule has 0 aliphatic carbocycles. The van der Waals surface area contributed by atoms with Gasteiger partial charge in [-0.05, 0) is 31.3 Å². The summed E-state index contributed by atoms with van der Waals surface area (Å²) in [7, 11) is 0. The molecule has 0 saturated heterocycles. The van der Waals surface area contributed by atoms with Gasteiger partial charge in [-0.2, -0.15) is 0 Å². The van der Waals surface area contributed by atoms with E-state index in [1.54, 1.807) is 6.92 Å². The Hall–Kier alpha value is -1.05. The summed E-state index contributed by atoms with van der Waals surface area (Å²) < 4.78 is 5.02. The van der Waals surface area contributed by atoms with E-state index in [2.05, 4.69) is 19.6 Å². The monoisotopic (exact) mass is 210 g/mol. The molecule has 15 heavy (non-hydrogen) atoms. The summed E-state index contributed by atoms with van der Waals surface area (Å²) >= 11 is 0. The molecule has 0 bridgehead atoms. The highest BCUT2D eigenvalue weighted by atomic mass is 16.5. The van der Waals surface area contributed by atoms with Crippen LogP contribution in [0.1, 0.15) is 40.0 Å². The second-order valence-corrected chi connectivity index (χ2v) is 3.93. The fourth-order valence-corrected chi connectivity index (χ4v) is 1.14. The quantitative estimate of drug-likeness (QED) is 0.475. The molecule has 0 N–H and O–H groups in total. The van der Waals surface area contributed by atoms with Crippen LogP contribution in [0.4, 0.5) is 0 Å². The Bertz CT molecular complexity index is 229. The zero-order chi connectivity index (χ0) is 11.7. The van der Waals surface area contributed by atoms with Crippen LogP contribution in [0.5, 0.6) is 0 Å². The molecule has 2 heteroatoms. The number of allylic oxidation sites excluding steroid dienone is 2. The summed E-state index contributed by atoms with van der Waals surface area (Å²) in [4.78, 5) is 10.9. The fraction of sp³-hybridized carbons (Fsp3) is 0.615. The minimum absolute atomic E-state index is 0.137. The third-order valence-electron chi connectivity index (χ3n) is 2.19. The summed E-state index contributed by atoms with van der Waals surface area (Å²) in [5.41, 5.74) is 1.12. The summed E-state index contributed by atoms with van der Waals surface area (Å²) in [6.45, 7) is 10.1. The summed E-state index contributed by atoms with van der Waals surface area (Å²) in [5, 5.41) is 0. The Balaban J connectivity index is 3.78. The van der Waals surface area contributed by atoms with Crippen molar-refractivity contribution in [1.29, 1.82) is 0 Å². The van der Waals surface area contributed by atoms with E-state index in [4.69, 9.17) is 4.74 Å². The molecule has 0 aromatic rings. The van der Waals surface area contributed by atoms with Gasteiger partial charge in [-0.1, -0.05) is 26.0 Å². The van der Waals surface area contributed by atoms with Crippen LogP contribution in [-0.2, 0) is 9.53 Å². The molecule has 0 amide bonds. The predicted octanol–water partition coefficient (Wildman–Crippen LogP) is 3.49. The van der Waals surface area contributed by atoms with Gasteiger partial charge in [0.25, 0.3) is 0 Å². The second kappa shape index (κ2) is 8.27. The maximum Gasteiger partial charge on any atom is 0.305 e. The number of esters is 1. The van der Waals surface area contributed by atoms with Crippen molar-refractivity contribution in [3.8, 4) is 0 Å². The Morgan fingerprint density at radius 3 is 2.67 bits per heavy atom. The first kappa shape index (κ1) is 13.9. The lowest BCUT2D eigenvalue weighted by Gasteiger charge is -2.07. The van der Waals surface area contributed by atoms with Gasteiger partial charge in [0.05, 0.1) is 0 Å². The van der Waals surface area contributed by atoms with Crippen molar-refractivity contribution in [2.75, 3.05) is 6.61 Å². The number of ether oxygens (including phenoxy) is 1. The standard InChI is InChI=1S/C13H22O2/c1-5-7-11(3)8-9-12(4)10-15-13(14)6-2/h5,9,11H,1,6-8,10H2,2-4H3/b12-9+. The summed E-state index contributed by atoms with van der Waals surface area (Å²) in [6, 6.07) is 0. The smallest absolute Gasteiger partial charge is 0.305 e. The highest BCUT2D eigenvalue weighted by Gasteiger charge is 2.00. The Kier molecular flexibility index (Phi) is 7.69. The SMILES string of the molecule is C=CCC(C)C/C=C(\C)COC(=O)CC. The number of carbonyl (C=O) groups excluding carboxylic acids is 1. The highest BCUT2D eigenvalue weighted by Crippen LogP contribution is 2.10. The largest absolute Gasteiger partial charge is 0.461 e. The molecule has 0 saturated carbocycles. The van der Waals surface area contributed by atoms with Gasteiger partial charge in [0, 0.05) is 6.42 Å². The molecule has 1 unspecified atom stereocenters. The Morgan fingerprint density at radius 2 is 2.13 bits per heavy atom. The van der Waals surface area contributed by atoms with Crippen molar-refractivity contribution in [3.63, 3.8) is 0 Å². The predicted molar refractivity (Wildman–Crippen MR) is 63.6 cm³/mol. The van der Waals surface area contributed by atoms with E-state index in [-0.39, 0.29) is 5.97 Å². The van der Waals surface area contributed by atoms with Gasteiger partial charge in [-0.3, -0.25) is 4.79 Å². The van der Waals surface area contributed by atoms with E-state index < -0.39 is 0 Å². The number of rotatable bonds is 7. The van der Waals surface area contributed by atoms with Crippen molar-refractivity contribution in [1.82, 2.24) is 0 Å². The first-order chi connectivity index (χ1) is 7.10. The zero-order valence-corrected chi connectivity index (χ0v) is 10.1. The van der Waals surface area contributed by atoms with Crippen LogP contribution in [0.2, 0.25) is 0 Å². The molecule has 0 radical (unpaired) electrons. The van der Waals surface area contributed by atoms with Crippen molar-refractivity contribution >= 4 is 5.97 Å². The molecule has 0 aliphatic rings. The summed E-state index contributed by atoms with van der Waals surface area (Å²) in [5.74, 6) is 0.473. The van der Waals surface area contributed by atoms with Crippen molar-refractivity contribution in [3.05, 3.63) is 24.3 Å². The second-order valence-electron chi connectivity index (χ2n) is 3.93. The first-order valence-electron chi connectivity index (χ1n) is 5.52. The molecule has 0 aromatic carbocycles. The van der Waals surface area contributed by atoms with E-state index >= 15 is 0 Å². The molecule has 1 atom stereocenters. The van der Waals surface area contributed by atoms with Gasteiger partial charge in [0.2, 0.25) is 0 Å². The molecular weight excluding hydrogens is 188 g/mol. The molecule has 0 fully saturated rings. The number of carbonyl (C=O) groups is 1. The van der Waals surface area contributed by atoms with Crippen LogP contribution in [-0.4, -0.2) is 12.6 Å². The molecule has 0 aromatic heterocycles. The van der Waals surface area contributed by atoms with Crippen LogP contribution in [0.3, 0.4) is 0 Å². The maximum absolute atomic E-state index is 10.9. The van der Waals surface area contributed by atoms with Gasteiger partial charge in [-0.15, -0.1) is 6.58 Å². The third kappa shape index (κ3) is 7.98. The minimum atomic E-state index is -0.137. The van der Waals surface area contributed by atoms with E-state index in [9.17, 15) is 4.79 Å². The van der Waals surface area contributed by atoms with Crippen molar-refractivity contribution in [2.24, 2.45) is 5.92 Å². The van der Waals surface area contributed by atoms with E-state index in [1.807, 2.05) is 13.0 Å². The van der Waals surface area contributed by atoms with Gasteiger partial charge in [0.15, 0.2) is 0 Å². The van der Waals surface area contributed by atoms with Crippen LogP contribution >= 0.6 is 0 Å². The van der Waals surface area contributed by atoms with Crippen LogP contribution in [0, 0.1) is 5.92 Å². The topological polar surface area (TPSA) is 26.3 Å². The van der Waals surface area contributed by atoms with E-state index in [0.717, 1.165) is 18.4 Å². The van der Waals surface area contributed by atoms with Crippen molar-refractivity contribution < 1.29 is 9.53 Å². The van der Waals surface area contributed by atoms with Crippen LogP contribution in [0.15, 0.2) is 24.3 Å². The molecule has 0 heterocycles. The molecule has 86 valence electrons. The van der Waals surface area contributed by atoms with Gasteiger partial charge < -0.3 is 4.74 Å². The third-order valence-corrected chi connectivity index (χ3v) is 2.19. The fourth-order valence-electron chi connectivity index (χ4n) is 1.14. The minimum Gasteiger partial charge on any atom is -0.461 e. The van der Waals surface area contributed by atoms with Crippen LogP contribution < -0.4 is 0 Å². The molecule has 0 aliphatic heterocycles. The number of hydrogen-bond donors (Lipinski definition) is 0. The van der Waals surface area contributed by atoms with E-state index in [1.165, 1.54) is 0 Å². The normalized spacial score (nSPS) is 13.4. The maximum atomic E-state index is 10.9. The molecule has 2 nitrogen and oxygen atoms in total. The lowest BCUT2D eigenvalue weighted by Crippen LogP contribution is -2.04. The molecule has 0 rings (SSSR count). The molecular formula is C13H22O2. The average Bonchev–Trinajstić information content (AvgIpc) is 2.23. The average molecular weight is 210 g/mol. The van der Waals surface area contributed by atoms with Crippen molar-refractivity contribution in [2.45, 2.75) is 40.0 Å². The van der Waals surface area contributed by atoms with Gasteiger partial charge in [-0.25, -0.2) is 0 Å².